The lowest BCUT2D eigenvalue weighted by Gasteiger charge is -2.05. The molecule has 0 saturated heterocycles. The zero-order chi connectivity index (χ0) is 15.5. The molecular weight excluding hydrogens is 278 g/mol. The Labute approximate surface area is 129 Å². The van der Waals surface area contributed by atoms with E-state index < -0.39 is 6.10 Å². The number of hydrogen-bond acceptors (Lipinski definition) is 4. The largest absolute Gasteiger partial charge is 0.394 e. The molecule has 5 heteroatoms. The SMILES string of the molecule is Cc1cc(C#CC2CC2)ccc1-c1cn(CC(O)CO)nn1. The van der Waals surface area contributed by atoms with Crippen molar-refractivity contribution in [3.05, 3.63) is 35.5 Å². The Morgan fingerprint density at radius 1 is 1.41 bits per heavy atom. The number of aromatic nitrogens is 3. The summed E-state index contributed by atoms with van der Waals surface area (Å²) in [6.45, 7) is 1.97. The third kappa shape index (κ3) is 3.53. The Morgan fingerprint density at radius 3 is 2.91 bits per heavy atom. The van der Waals surface area contributed by atoms with Gasteiger partial charge in [-0.05, 0) is 37.5 Å². The van der Waals surface area contributed by atoms with Gasteiger partial charge in [-0.1, -0.05) is 23.1 Å². The van der Waals surface area contributed by atoms with Crippen LogP contribution in [-0.4, -0.2) is 37.9 Å². The number of benzene rings is 1. The van der Waals surface area contributed by atoms with Gasteiger partial charge in [-0.2, -0.15) is 0 Å². The molecule has 1 saturated carbocycles. The van der Waals surface area contributed by atoms with Crippen LogP contribution in [0.5, 0.6) is 0 Å². The minimum atomic E-state index is -0.823. The van der Waals surface area contributed by atoms with E-state index in [-0.39, 0.29) is 13.2 Å². The van der Waals surface area contributed by atoms with E-state index >= 15 is 0 Å². The molecule has 1 aliphatic carbocycles. The lowest BCUT2D eigenvalue weighted by molar-refractivity contribution is 0.0778. The molecule has 0 bridgehead atoms. The maximum absolute atomic E-state index is 9.44. The van der Waals surface area contributed by atoms with E-state index in [1.54, 1.807) is 6.20 Å². The van der Waals surface area contributed by atoms with E-state index in [2.05, 4.69) is 28.2 Å². The van der Waals surface area contributed by atoms with Gasteiger partial charge < -0.3 is 10.2 Å². The molecule has 2 N–H and O–H groups in total. The molecule has 1 heterocycles. The van der Waals surface area contributed by atoms with E-state index in [4.69, 9.17) is 5.11 Å². The van der Waals surface area contributed by atoms with Crippen molar-refractivity contribution in [2.45, 2.75) is 32.4 Å². The molecule has 114 valence electrons. The van der Waals surface area contributed by atoms with Crippen molar-refractivity contribution >= 4 is 0 Å². The van der Waals surface area contributed by atoms with E-state index in [1.165, 1.54) is 17.5 Å². The van der Waals surface area contributed by atoms with Crippen LogP contribution in [0.3, 0.4) is 0 Å². The normalized spacial score (nSPS) is 15.2. The zero-order valence-electron chi connectivity index (χ0n) is 12.5. The monoisotopic (exact) mass is 297 g/mol. The first-order chi connectivity index (χ1) is 10.7. The van der Waals surface area contributed by atoms with Crippen LogP contribution in [0.2, 0.25) is 0 Å². The van der Waals surface area contributed by atoms with Crippen molar-refractivity contribution in [2.24, 2.45) is 5.92 Å². The molecule has 1 aromatic carbocycles. The van der Waals surface area contributed by atoms with Gasteiger partial charge in [0.25, 0.3) is 0 Å². The van der Waals surface area contributed by atoms with Gasteiger partial charge in [-0.15, -0.1) is 5.10 Å². The molecule has 22 heavy (non-hydrogen) atoms. The maximum atomic E-state index is 9.44. The number of aliphatic hydroxyl groups is 2. The lowest BCUT2D eigenvalue weighted by atomic mass is 10.0. The second-order valence-electron chi connectivity index (χ2n) is 5.74. The van der Waals surface area contributed by atoms with Crippen LogP contribution in [0, 0.1) is 24.7 Å². The third-order valence-electron chi connectivity index (χ3n) is 3.65. The van der Waals surface area contributed by atoms with Gasteiger partial charge in [0.1, 0.15) is 5.69 Å². The quantitative estimate of drug-likeness (QED) is 0.836. The Balaban J connectivity index is 1.78. The van der Waals surface area contributed by atoms with Gasteiger partial charge >= 0.3 is 0 Å². The summed E-state index contributed by atoms with van der Waals surface area (Å²) in [6, 6.07) is 6.06. The number of hydrogen-bond donors (Lipinski definition) is 2. The first-order valence-corrected chi connectivity index (χ1v) is 7.47. The number of aryl methyl sites for hydroxylation is 1. The smallest absolute Gasteiger partial charge is 0.113 e. The van der Waals surface area contributed by atoms with E-state index in [0.717, 1.165) is 22.4 Å². The van der Waals surface area contributed by atoms with Gasteiger partial charge in [0.2, 0.25) is 0 Å². The lowest BCUT2D eigenvalue weighted by Crippen LogP contribution is -2.20. The van der Waals surface area contributed by atoms with Crippen LogP contribution < -0.4 is 0 Å². The van der Waals surface area contributed by atoms with Crippen LogP contribution >= 0.6 is 0 Å². The first-order valence-electron chi connectivity index (χ1n) is 7.47. The predicted molar refractivity (Wildman–Crippen MR) is 82.9 cm³/mol. The summed E-state index contributed by atoms with van der Waals surface area (Å²) < 4.78 is 1.54. The minimum Gasteiger partial charge on any atom is -0.394 e. The standard InChI is InChI=1S/C17H19N3O2/c1-12-8-14(5-4-13-2-3-13)6-7-16(12)17-10-20(19-18-17)9-15(22)11-21/h6-8,10,13,15,21-22H,2-3,9,11H2,1H3. The fourth-order valence-corrected chi connectivity index (χ4v) is 2.23. The van der Waals surface area contributed by atoms with Crippen molar-refractivity contribution in [1.82, 2.24) is 15.0 Å². The number of aliphatic hydroxyl groups excluding tert-OH is 2. The summed E-state index contributed by atoms with van der Waals surface area (Å²) >= 11 is 0. The molecule has 0 amide bonds. The summed E-state index contributed by atoms with van der Waals surface area (Å²) in [5.41, 5.74) is 3.87. The molecule has 5 nitrogen and oxygen atoms in total. The Kier molecular flexibility index (Phi) is 4.23. The molecule has 1 atom stereocenters. The van der Waals surface area contributed by atoms with E-state index in [1.807, 2.05) is 19.1 Å². The fourth-order valence-electron chi connectivity index (χ4n) is 2.23. The molecule has 0 aliphatic heterocycles. The molecule has 0 spiro atoms. The molecule has 1 unspecified atom stereocenters. The number of nitrogens with zero attached hydrogens (tertiary/aromatic N) is 3. The zero-order valence-corrected chi connectivity index (χ0v) is 12.5. The maximum Gasteiger partial charge on any atom is 0.113 e. The Hall–Kier alpha value is -2.16. The van der Waals surface area contributed by atoms with Crippen molar-refractivity contribution < 1.29 is 10.2 Å². The summed E-state index contributed by atoms with van der Waals surface area (Å²) in [6.07, 6.45) is 3.41. The molecule has 2 aromatic rings. The minimum absolute atomic E-state index is 0.230. The van der Waals surface area contributed by atoms with Crippen LogP contribution in [0.4, 0.5) is 0 Å². The highest BCUT2D eigenvalue weighted by Crippen LogP contribution is 2.28. The number of rotatable bonds is 4. The molecular formula is C17H19N3O2. The van der Waals surface area contributed by atoms with Crippen molar-refractivity contribution in [1.29, 1.82) is 0 Å². The summed E-state index contributed by atoms with van der Waals surface area (Å²) in [5.74, 6) is 7.07. The Bertz CT molecular complexity index is 723. The molecule has 3 rings (SSSR count). The third-order valence-corrected chi connectivity index (χ3v) is 3.65. The Morgan fingerprint density at radius 2 is 2.23 bits per heavy atom. The predicted octanol–water partition coefficient (Wildman–Crippen LogP) is 1.37. The van der Waals surface area contributed by atoms with Crippen LogP contribution in [0.1, 0.15) is 24.0 Å². The fraction of sp³-hybridized carbons (Fsp3) is 0.412. The molecule has 1 fully saturated rings. The van der Waals surface area contributed by atoms with Gasteiger partial charge in [0, 0.05) is 17.0 Å². The second kappa shape index (κ2) is 6.30. The highest BCUT2D eigenvalue weighted by atomic mass is 16.3. The van der Waals surface area contributed by atoms with Crippen LogP contribution in [0.25, 0.3) is 11.3 Å². The summed E-state index contributed by atoms with van der Waals surface area (Å²) in [4.78, 5) is 0. The summed E-state index contributed by atoms with van der Waals surface area (Å²) in [7, 11) is 0. The molecule has 1 aromatic heterocycles. The molecule has 0 radical (unpaired) electrons. The first kappa shape index (κ1) is 14.8. The average molecular weight is 297 g/mol. The van der Waals surface area contributed by atoms with Crippen LogP contribution in [-0.2, 0) is 6.54 Å². The van der Waals surface area contributed by atoms with Crippen molar-refractivity contribution in [2.75, 3.05) is 6.61 Å². The van der Waals surface area contributed by atoms with E-state index in [0.29, 0.717) is 5.92 Å². The highest BCUT2D eigenvalue weighted by molar-refractivity contribution is 5.64. The van der Waals surface area contributed by atoms with Gasteiger partial charge in [0.05, 0.1) is 25.5 Å². The second-order valence-corrected chi connectivity index (χ2v) is 5.74. The van der Waals surface area contributed by atoms with Gasteiger partial charge in [-0.3, -0.25) is 0 Å². The summed E-state index contributed by atoms with van der Waals surface area (Å²) in [5, 5.41) is 26.4. The topological polar surface area (TPSA) is 71.2 Å². The van der Waals surface area contributed by atoms with E-state index in [9.17, 15) is 5.11 Å². The highest BCUT2D eigenvalue weighted by Gasteiger charge is 2.17. The average Bonchev–Trinajstić information content (AvgIpc) is 3.24. The van der Waals surface area contributed by atoms with Crippen molar-refractivity contribution in [3.63, 3.8) is 0 Å². The van der Waals surface area contributed by atoms with Gasteiger partial charge in [-0.25, -0.2) is 4.68 Å². The van der Waals surface area contributed by atoms with Gasteiger partial charge in [0.15, 0.2) is 0 Å². The van der Waals surface area contributed by atoms with Crippen molar-refractivity contribution in [3.8, 4) is 23.1 Å². The van der Waals surface area contributed by atoms with Crippen LogP contribution in [0.15, 0.2) is 24.4 Å². The molecule has 1 aliphatic rings.